The first kappa shape index (κ1) is 19.6. The van der Waals surface area contributed by atoms with E-state index in [0.717, 1.165) is 24.1 Å². The third kappa shape index (κ3) is 3.11. The topological polar surface area (TPSA) is 106 Å². The second-order valence-corrected chi connectivity index (χ2v) is 8.33. The van der Waals surface area contributed by atoms with Crippen molar-refractivity contribution in [3.8, 4) is 5.75 Å². The molecule has 1 saturated carbocycles. The number of pyridine rings is 1. The van der Waals surface area contributed by atoms with Gasteiger partial charge < -0.3 is 30.6 Å². The molecular formula is C21H22ClFN4O3. The van der Waals surface area contributed by atoms with Gasteiger partial charge in [-0.05, 0) is 36.7 Å². The number of hydrogen-bond donors (Lipinski definition) is 4. The van der Waals surface area contributed by atoms with Gasteiger partial charge in [-0.3, -0.25) is 0 Å². The molecule has 0 bridgehead atoms. The summed E-state index contributed by atoms with van der Waals surface area (Å²) in [7, 11) is 0. The molecule has 2 unspecified atom stereocenters. The van der Waals surface area contributed by atoms with Crippen LogP contribution in [-0.2, 0) is 13.0 Å². The van der Waals surface area contributed by atoms with Crippen molar-refractivity contribution in [2.75, 3.05) is 12.3 Å². The van der Waals surface area contributed by atoms with Gasteiger partial charge in [0.15, 0.2) is 5.82 Å². The zero-order valence-corrected chi connectivity index (χ0v) is 16.8. The second kappa shape index (κ2) is 7.39. The van der Waals surface area contributed by atoms with Crippen molar-refractivity contribution < 1.29 is 19.3 Å². The summed E-state index contributed by atoms with van der Waals surface area (Å²) >= 11 is 6.26. The van der Waals surface area contributed by atoms with Crippen LogP contribution >= 0.6 is 11.6 Å². The Kier molecular flexibility index (Phi) is 4.82. The number of nitrogens with zero attached hydrogens (tertiary/aromatic N) is 2. The molecule has 0 amide bonds. The Morgan fingerprint density at radius 1 is 1.30 bits per heavy atom. The SMILES string of the molecule is Nc1ccnc2c1c(F)cn2C1CC(Oc2cc(Cl)cc3c2CNCC3)[C@@H](O)[C@H]1O. The molecule has 158 valence electrons. The van der Waals surface area contributed by atoms with E-state index in [1.54, 1.807) is 6.07 Å². The molecule has 2 aliphatic rings. The number of nitrogen functional groups attached to an aromatic ring is 1. The molecule has 1 aliphatic heterocycles. The number of ether oxygens (including phenoxy) is 1. The maximum absolute atomic E-state index is 14.5. The van der Waals surface area contributed by atoms with Crippen molar-refractivity contribution in [1.29, 1.82) is 0 Å². The molecule has 1 fully saturated rings. The lowest BCUT2D eigenvalue weighted by Crippen LogP contribution is -2.34. The van der Waals surface area contributed by atoms with E-state index in [0.29, 0.717) is 23.0 Å². The number of nitrogens with two attached hydrogens (primary N) is 1. The molecular weight excluding hydrogens is 411 g/mol. The number of aliphatic hydroxyl groups is 2. The predicted octanol–water partition coefficient (Wildman–Crippen LogP) is 2.17. The summed E-state index contributed by atoms with van der Waals surface area (Å²) < 4.78 is 22.2. The summed E-state index contributed by atoms with van der Waals surface area (Å²) in [6, 6.07) is 4.57. The quantitative estimate of drug-likeness (QED) is 0.505. The highest BCUT2D eigenvalue weighted by molar-refractivity contribution is 6.30. The van der Waals surface area contributed by atoms with E-state index < -0.39 is 30.2 Å². The second-order valence-electron chi connectivity index (χ2n) is 7.89. The van der Waals surface area contributed by atoms with Crippen molar-refractivity contribution in [2.45, 2.75) is 43.7 Å². The zero-order valence-electron chi connectivity index (χ0n) is 16.1. The van der Waals surface area contributed by atoms with Crippen molar-refractivity contribution in [2.24, 2.45) is 0 Å². The molecule has 4 atom stereocenters. The van der Waals surface area contributed by atoms with Crippen LogP contribution in [-0.4, -0.2) is 44.6 Å². The number of aromatic nitrogens is 2. The van der Waals surface area contributed by atoms with E-state index in [-0.39, 0.29) is 17.5 Å². The number of halogens is 2. The van der Waals surface area contributed by atoms with E-state index in [9.17, 15) is 14.6 Å². The Morgan fingerprint density at radius 2 is 2.13 bits per heavy atom. The van der Waals surface area contributed by atoms with Crippen molar-refractivity contribution in [3.63, 3.8) is 0 Å². The van der Waals surface area contributed by atoms with Crippen LogP contribution in [0.4, 0.5) is 10.1 Å². The van der Waals surface area contributed by atoms with Gasteiger partial charge >= 0.3 is 0 Å². The largest absolute Gasteiger partial charge is 0.487 e. The van der Waals surface area contributed by atoms with Crippen molar-refractivity contribution in [1.82, 2.24) is 14.9 Å². The Morgan fingerprint density at radius 3 is 2.97 bits per heavy atom. The summed E-state index contributed by atoms with van der Waals surface area (Å²) in [4.78, 5) is 4.23. The smallest absolute Gasteiger partial charge is 0.152 e. The van der Waals surface area contributed by atoms with E-state index in [2.05, 4.69) is 10.3 Å². The van der Waals surface area contributed by atoms with Gasteiger partial charge in [-0.2, -0.15) is 0 Å². The molecule has 1 aromatic carbocycles. The monoisotopic (exact) mass is 432 g/mol. The first-order chi connectivity index (χ1) is 14.4. The van der Waals surface area contributed by atoms with E-state index in [1.807, 2.05) is 6.07 Å². The van der Waals surface area contributed by atoms with Gasteiger partial charge in [-0.25, -0.2) is 9.37 Å². The van der Waals surface area contributed by atoms with Crippen LogP contribution in [0, 0.1) is 5.82 Å². The molecule has 2 aromatic heterocycles. The first-order valence-electron chi connectivity index (χ1n) is 9.89. The highest BCUT2D eigenvalue weighted by Crippen LogP contribution is 2.39. The van der Waals surface area contributed by atoms with Crippen molar-refractivity contribution >= 4 is 28.3 Å². The fraction of sp³-hybridized carbons (Fsp3) is 0.381. The molecule has 0 radical (unpaired) electrons. The van der Waals surface area contributed by atoms with E-state index in [4.69, 9.17) is 22.1 Å². The Hall–Kier alpha value is -2.39. The van der Waals surface area contributed by atoms with Crippen molar-refractivity contribution in [3.05, 3.63) is 52.6 Å². The van der Waals surface area contributed by atoms with Gasteiger partial charge in [0.25, 0.3) is 0 Å². The van der Waals surface area contributed by atoms with Crippen LogP contribution in [0.25, 0.3) is 11.0 Å². The van der Waals surface area contributed by atoms with Crippen LogP contribution in [0.3, 0.4) is 0 Å². The third-order valence-corrected chi connectivity index (χ3v) is 6.29. The highest BCUT2D eigenvalue weighted by Gasteiger charge is 2.45. The molecule has 3 heterocycles. The Bertz CT molecular complexity index is 1120. The van der Waals surface area contributed by atoms with Crippen LogP contribution < -0.4 is 15.8 Å². The van der Waals surface area contributed by atoms with Gasteiger partial charge in [0.2, 0.25) is 0 Å². The Labute approximate surface area is 177 Å². The fourth-order valence-corrected chi connectivity index (χ4v) is 4.79. The first-order valence-corrected chi connectivity index (χ1v) is 10.3. The molecule has 7 nitrogen and oxygen atoms in total. The van der Waals surface area contributed by atoms with Gasteiger partial charge in [-0.15, -0.1) is 0 Å². The van der Waals surface area contributed by atoms with Gasteiger partial charge in [0, 0.05) is 41.6 Å². The molecule has 0 saturated heterocycles. The lowest BCUT2D eigenvalue weighted by molar-refractivity contribution is -0.0166. The van der Waals surface area contributed by atoms with Gasteiger partial charge in [0.1, 0.15) is 29.7 Å². The van der Waals surface area contributed by atoms with Crippen LogP contribution in [0.5, 0.6) is 5.75 Å². The number of hydrogen-bond acceptors (Lipinski definition) is 6. The molecule has 30 heavy (non-hydrogen) atoms. The normalized spacial score (nSPS) is 26.1. The number of rotatable bonds is 3. The van der Waals surface area contributed by atoms with Gasteiger partial charge in [0.05, 0.1) is 11.4 Å². The van der Waals surface area contributed by atoms with Crippen LogP contribution in [0.2, 0.25) is 5.02 Å². The number of anilines is 1. The third-order valence-electron chi connectivity index (χ3n) is 6.07. The average molecular weight is 433 g/mol. The molecule has 5 rings (SSSR count). The summed E-state index contributed by atoms with van der Waals surface area (Å²) in [6.45, 7) is 1.51. The summed E-state index contributed by atoms with van der Waals surface area (Å²) in [5, 5.41) is 25.5. The maximum atomic E-state index is 14.5. The molecule has 0 spiro atoms. The van der Waals surface area contributed by atoms with E-state index >= 15 is 0 Å². The lowest BCUT2D eigenvalue weighted by Gasteiger charge is -2.24. The average Bonchev–Trinajstić information content (AvgIpc) is 3.20. The minimum absolute atomic E-state index is 0.207. The highest BCUT2D eigenvalue weighted by atomic mass is 35.5. The number of benzene rings is 1. The standard InChI is InChI=1S/C21H22ClFN4O3/c22-11-5-10-1-3-25-8-12(10)16(6-11)30-17-7-15(19(28)20(17)29)27-9-13(23)18-14(24)2-4-26-21(18)27/h2,4-6,9,15,17,19-20,25,28-29H,1,3,7-8H2,(H2,24,26)/t15?,17?,19-,20+/m0/s1. The molecule has 3 aromatic rings. The molecule has 5 N–H and O–H groups in total. The summed E-state index contributed by atoms with van der Waals surface area (Å²) in [5.74, 6) is 0.0733. The predicted molar refractivity (Wildman–Crippen MR) is 111 cm³/mol. The Balaban J connectivity index is 1.47. The zero-order chi connectivity index (χ0) is 21.0. The van der Waals surface area contributed by atoms with Crippen LogP contribution in [0.15, 0.2) is 30.6 Å². The molecule has 9 heteroatoms. The fourth-order valence-electron chi connectivity index (χ4n) is 4.56. The number of fused-ring (bicyclic) bond motifs is 2. The van der Waals surface area contributed by atoms with Gasteiger partial charge in [-0.1, -0.05) is 11.6 Å². The number of aliphatic hydroxyl groups excluding tert-OH is 2. The minimum atomic E-state index is -1.15. The van der Waals surface area contributed by atoms with Crippen LogP contribution in [0.1, 0.15) is 23.6 Å². The maximum Gasteiger partial charge on any atom is 0.152 e. The molecule has 1 aliphatic carbocycles. The number of nitrogens with one attached hydrogen (secondary N) is 1. The minimum Gasteiger partial charge on any atom is -0.487 e. The lowest BCUT2D eigenvalue weighted by atomic mass is 10.00. The van der Waals surface area contributed by atoms with E-state index in [1.165, 1.54) is 23.0 Å². The summed E-state index contributed by atoms with van der Waals surface area (Å²) in [6.07, 6.45) is 0.885. The summed E-state index contributed by atoms with van der Waals surface area (Å²) in [5.41, 5.74) is 8.60.